The summed E-state index contributed by atoms with van der Waals surface area (Å²) in [6.07, 6.45) is -0.236. The fourth-order valence-corrected chi connectivity index (χ4v) is 5.03. The minimum Gasteiger partial charge on any atom is -0.483 e. The lowest BCUT2D eigenvalue weighted by molar-refractivity contribution is 0.211. The minimum absolute atomic E-state index is 0.236. The Hall–Kier alpha value is -2.35. The molecule has 8 heteroatoms. The molecule has 0 amide bonds. The number of nitrogens with zero attached hydrogens (tertiary/aromatic N) is 4. The van der Waals surface area contributed by atoms with E-state index < -0.39 is 0 Å². The molecule has 31 heavy (non-hydrogen) atoms. The van der Waals surface area contributed by atoms with Crippen LogP contribution in [0.5, 0.6) is 5.75 Å². The summed E-state index contributed by atoms with van der Waals surface area (Å²) < 4.78 is 8.03. The van der Waals surface area contributed by atoms with Crippen molar-refractivity contribution in [1.29, 1.82) is 0 Å². The molecule has 2 aromatic heterocycles. The number of ether oxygens (including phenoxy) is 1. The quantitative estimate of drug-likeness (QED) is 0.283. The SMILES string of the molecule is Cc1cccc(-c2nc(CSc3nnc(C(C)Oc4ccc(Cl)c(C)c4)n3C)cs2)c1. The van der Waals surface area contributed by atoms with E-state index in [0.717, 1.165) is 49.3 Å². The Morgan fingerprint density at radius 3 is 2.77 bits per heavy atom. The Labute approximate surface area is 195 Å². The highest BCUT2D eigenvalue weighted by Crippen LogP contribution is 2.30. The lowest BCUT2D eigenvalue weighted by atomic mass is 10.1. The van der Waals surface area contributed by atoms with Crippen molar-refractivity contribution in [3.63, 3.8) is 0 Å². The number of rotatable bonds is 7. The van der Waals surface area contributed by atoms with Gasteiger partial charge < -0.3 is 9.30 Å². The summed E-state index contributed by atoms with van der Waals surface area (Å²) in [6.45, 7) is 6.02. The van der Waals surface area contributed by atoms with Gasteiger partial charge in [0.15, 0.2) is 17.1 Å². The van der Waals surface area contributed by atoms with Gasteiger partial charge in [0.1, 0.15) is 10.8 Å². The molecule has 4 rings (SSSR count). The number of aromatic nitrogens is 4. The van der Waals surface area contributed by atoms with Crippen molar-refractivity contribution in [2.75, 3.05) is 0 Å². The molecule has 0 saturated heterocycles. The molecule has 4 aromatic rings. The summed E-state index contributed by atoms with van der Waals surface area (Å²) in [6, 6.07) is 14.1. The lowest BCUT2D eigenvalue weighted by Gasteiger charge is -2.15. The van der Waals surface area contributed by atoms with Gasteiger partial charge in [0.25, 0.3) is 0 Å². The number of benzene rings is 2. The van der Waals surface area contributed by atoms with Crippen molar-refractivity contribution in [3.05, 3.63) is 75.5 Å². The molecule has 0 aliphatic heterocycles. The Morgan fingerprint density at radius 2 is 2.00 bits per heavy atom. The average Bonchev–Trinajstić information content (AvgIpc) is 3.36. The van der Waals surface area contributed by atoms with Crippen LogP contribution in [-0.4, -0.2) is 19.7 Å². The van der Waals surface area contributed by atoms with Gasteiger partial charge in [-0.2, -0.15) is 0 Å². The first-order valence-corrected chi connectivity index (χ1v) is 12.1. The van der Waals surface area contributed by atoms with Crippen LogP contribution < -0.4 is 4.74 Å². The highest BCUT2D eigenvalue weighted by atomic mass is 35.5. The van der Waals surface area contributed by atoms with Gasteiger partial charge in [0, 0.05) is 28.8 Å². The van der Waals surface area contributed by atoms with Crippen molar-refractivity contribution in [1.82, 2.24) is 19.7 Å². The van der Waals surface area contributed by atoms with Gasteiger partial charge in [-0.3, -0.25) is 0 Å². The summed E-state index contributed by atoms with van der Waals surface area (Å²) in [7, 11) is 1.96. The molecule has 160 valence electrons. The van der Waals surface area contributed by atoms with Crippen LogP contribution in [0.3, 0.4) is 0 Å². The number of hydrogen-bond donors (Lipinski definition) is 0. The number of hydrogen-bond acceptors (Lipinski definition) is 6. The molecule has 0 spiro atoms. The molecule has 2 heterocycles. The topological polar surface area (TPSA) is 52.8 Å². The van der Waals surface area contributed by atoms with Gasteiger partial charge in [-0.05, 0) is 50.6 Å². The first-order valence-electron chi connectivity index (χ1n) is 9.87. The summed E-state index contributed by atoms with van der Waals surface area (Å²) in [5, 5.41) is 13.4. The van der Waals surface area contributed by atoms with Crippen LogP contribution in [0.25, 0.3) is 10.6 Å². The van der Waals surface area contributed by atoms with E-state index in [1.165, 1.54) is 5.56 Å². The summed E-state index contributed by atoms with van der Waals surface area (Å²) >= 11 is 9.39. The summed E-state index contributed by atoms with van der Waals surface area (Å²) in [5.74, 6) is 2.27. The Kier molecular flexibility index (Phi) is 6.65. The van der Waals surface area contributed by atoms with E-state index in [1.54, 1.807) is 23.1 Å². The molecule has 0 fully saturated rings. The van der Waals surface area contributed by atoms with Gasteiger partial charge in [-0.1, -0.05) is 47.1 Å². The third-order valence-corrected chi connectivity index (χ3v) is 7.26. The van der Waals surface area contributed by atoms with Crippen LogP contribution in [-0.2, 0) is 12.8 Å². The van der Waals surface area contributed by atoms with E-state index in [1.807, 2.05) is 43.7 Å². The second kappa shape index (κ2) is 9.42. The fourth-order valence-electron chi connectivity index (χ4n) is 3.18. The highest BCUT2D eigenvalue weighted by Gasteiger charge is 2.18. The van der Waals surface area contributed by atoms with Crippen molar-refractivity contribution in [2.45, 2.75) is 37.8 Å². The number of aryl methyl sites for hydroxylation is 2. The molecule has 2 aromatic carbocycles. The molecular weight excluding hydrogens is 448 g/mol. The lowest BCUT2D eigenvalue weighted by Crippen LogP contribution is -2.10. The van der Waals surface area contributed by atoms with Crippen LogP contribution in [0.15, 0.2) is 53.0 Å². The van der Waals surface area contributed by atoms with Gasteiger partial charge in [-0.15, -0.1) is 21.5 Å². The monoisotopic (exact) mass is 470 g/mol. The minimum atomic E-state index is -0.236. The highest BCUT2D eigenvalue weighted by molar-refractivity contribution is 7.98. The molecule has 0 N–H and O–H groups in total. The maximum absolute atomic E-state index is 6.10. The van der Waals surface area contributed by atoms with E-state index in [0.29, 0.717) is 0 Å². The van der Waals surface area contributed by atoms with Gasteiger partial charge in [0.05, 0.1) is 5.69 Å². The molecule has 0 saturated carbocycles. The summed E-state index contributed by atoms with van der Waals surface area (Å²) in [5.41, 5.74) is 4.41. The first-order chi connectivity index (χ1) is 14.9. The fraction of sp³-hybridized carbons (Fsp3) is 0.261. The van der Waals surface area contributed by atoms with Crippen LogP contribution in [0.1, 0.15) is 35.7 Å². The Balaban J connectivity index is 1.41. The molecule has 0 aliphatic rings. The Morgan fingerprint density at radius 1 is 1.16 bits per heavy atom. The van der Waals surface area contributed by atoms with Crippen molar-refractivity contribution < 1.29 is 4.74 Å². The van der Waals surface area contributed by atoms with Crippen molar-refractivity contribution in [3.8, 4) is 16.3 Å². The zero-order chi connectivity index (χ0) is 22.0. The maximum Gasteiger partial charge on any atom is 0.191 e. The molecule has 0 radical (unpaired) electrons. The predicted molar refractivity (Wildman–Crippen MR) is 128 cm³/mol. The van der Waals surface area contributed by atoms with E-state index >= 15 is 0 Å². The zero-order valence-electron chi connectivity index (χ0n) is 17.8. The van der Waals surface area contributed by atoms with E-state index in [-0.39, 0.29) is 6.10 Å². The molecule has 5 nitrogen and oxygen atoms in total. The largest absolute Gasteiger partial charge is 0.483 e. The molecular formula is C23H23ClN4OS2. The average molecular weight is 471 g/mol. The number of halogens is 1. The molecule has 1 atom stereocenters. The van der Waals surface area contributed by atoms with Gasteiger partial charge >= 0.3 is 0 Å². The van der Waals surface area contributed by atoms with Crippen molar-refractivity contribution in [2.24, 2.45) is 7.05 Å². The second-order valence-corrected chi connectivity index (χ2v) is 9.58. The van der Waals surface area contributed by atoms with Gasteiger partial charge in [0.2, 0.25) is 0 Å². The second-order valence-electron chi connectivity index (χ2n) is 7.37. The van der Waals surface area contributed by atoms with Crippen LogP contribution in [0.2, 0.25) is 5.02 Å². The third-order valence-electron chi connectivity index (χ3n) is 4.84. The van der Waals surface area contributed by atoms with Crippen molar-refractivity contribution >= 4 is 34.7 Å². The van der Waals surface area contributed by atoms with Crippen LogP contribution in [0, 0.1) is 13.8 Å². The predicted octanol–water partition coefficient (Wildman–Crippen LogP) is 6.64. The van der Waals surface area contributed by atoms with Gasteiger partial charge in [-0.25, -0.2) is 4.98 Å². The normalized spacial score (nSPS) is 12.2. The van der Waals surface area contributed by atoms with E-state index in [9.17, 15) is 0 Å². The maximum atomic E-state index is 6.10. The third kappa shape index (κ3) is 5.11. The molecule has 0 bridgehead atoms. The van der Waals surface area contributed by atoms with E-state index in [4.69, 9.17) is 21.3 Å². The number of thiazole rings is 1. The zero-order valence-corrected chi connectivity index (χ0v) is 20.2. The van der Waals surface area contributed by atoms with E-state index in [2.05, 4.69) is 46.8 Å². The number of thioether (sulfide) groups is 1. The van der Waals surface area contributed by atoms with Crippen LogP contribution in [0.4, 0.5) is 0 Å². The molecule has 0 aliphatic carbocycles. The van der Waals surface area contributed by atoms with Crippen LogP contribution >= 0.6 is 34.7 Å². The first kappa shape index (κ1) is 21.9. The standard InChI is InChI=1S/C23H23ClN4OS2/c1-14-6-5-7-17(10-14)22-25-18(12-30-22)13-31-23-27-26-21(28(23)4)16(3)29-19-8-9-20(24)15(2)11-19/h5-12,16H,13H2,1-4H3. The smallest absolute Gasteiger partial charge is 0.191 e. The Bertz CT molecular complexity index is 1200. The summed E-state index contributed by atoms with van der Waals surface area (Å²) in [4.78, 5) is 4.78. The molecule has 1 unspecified atom stereocenters.